The van der Waals surface area contributed by atoms with Gasteiger partial charge in [-0.25, -0.2) is 4.79 Å². The number of amides is 2. The molecule has 2 rings (SSSR count). The Hall–Kier alpha value is -3.19. The molecule has 0 heterocycles. The number of unbranched alkanes of at least 4 members (excludes halogenated alkanes) is 8. The number of carboxylic acid groups (broad SMARTS) is 1. The summed E-state index contributed by atoms with van der Waals surface area (Å²) in [5.74, 6) is -2.33. The second kappa shape index (κ2) is 15.0. The van der Waals surface area contributed by atoms with Crippen molar-refractivity contribution in [2.45, 2.75) is 83.1 Å². The van der Waals surface area contributed by atoms with Crippen LogP contribution in [-0.4, -0.2) is 39.4 Å². The highest BCUT2D eigenvalue weighted by Gasteiger charge is 2.50. The Bertz CT molecular complexity index is 961. The van der Waals surface area contributed by atoms with Gasteiger partial charge in [0.25, 0.3) is 0 Å². The summed E-state index contributed by atoms with van der Waals surface area (Å²) in [7, 11) is 0. The number of phenols is 1. The fourth-order valence-electron chi connectivity index (χ4n) is 4.66. The third kappa shape index (κ3) is 8.19. The van der Waals surface area contributed by atoms with E-state index in [4.69, 9.17) is 5.73 Å². The number of hydrogen-bond acceptors (Lipinski definition) is 5. The Kier molecular flexibility index (Phi) is 12.1. The van der Waals surface area contributed by atoms with Gasteiger partial charge in [0.05, 0.1) is 0 Å². The molecule has 2 amide bonds. The average molecular weight is 497 g/mol. The summed E-state index contributed by atoms with van der Waals surface area (Å²) in [4.78, 5) is 40.0. The van der Waals surface area contributed by atoms with Gasteiger partial charge in [-0.3, -0.25) is 14.5 Å². The summed E-state index contributed by atoms with van der Waals surface area (Å²) in [6, 6.07) is 14.6. The van der Waals surface area contributed by atoms with Crippen molar-refractivity contribution in [3.63, 3.8) is 0 Å². The number of aromatic hydroxyl groups is 1. The number of nitrogens with two attached hydrogens (primary N) is 1. The smallest absolute Gasteiger partial charge is 0.335 e. The summed E-state index contributed by atoms with van der Waals surface area (Å²) in [5.41, 5.74) is 4.56. The first-order valence-electron chi connectivity index (χ1n) is 12.9. The predicted octanol–water partition coefficient (Wildman–Crippen LogP) is 5.15. The van der Waals surface area contributed by atoms with Crippen LogP contribution >= 0.6 is 0 Å². The molecule has 0 bridgehead atoms. The van der Waals surface area contributed by atoms with E-state index < -0.39 is 23.3 Å². The van der Waals surface area contributed by atoms with E-state index >= 15 is 0 Å². The van der Waals surface area contributed by atoms with Gasteiger partial charge in [-0.15, -0.1) is 0 Å². The molecule has 0 saturated heterocycles. The van der Waals surface area contributed by atoms with E-state index in [9.17, 15) is 24.6 Å². The van der Waals surface area contributed by atoms with Gasteiger partial charge in [-0.05, 0) is 42.6 Å². The second-order valence-electron chi connectivity index (χ2n) is 9.34. The highest BCUT2D eigenvalue weighted by atomic mass is 16.4. The van der Waals surface area contributed by atoms with E-state index in [2.05, 4.69) is 0 Å². The molecule has 1 atom stereocenters. The van der Waals surface area contributed by atoms with Crippen molar-refractivity contribution in [1.82, 2.24) is 4.90 Å². The largest absolute Gasteiger partial charge is 0.508 e. The number of phenolic OH excluding ortho intramolecular Hbond substituents is 1. The van der Waals surface area contributed by atoms with Crippen LogP contribution in [0.2, 0.25) is 0 Å². The van der Waals surface area contributed by atoms with Crippen LogP contribution in [0.15, 0.2) is 54.6 Å². The van der Waals surface area contributed by atoms with E-state index in [0.717, 1.165) is 43.5 Å². The Labute approximate surface area is 214 Å². The van der Waals surface area contributed by atoms with Crippen LogP contribution in [0.25, 0.3) is 0 Å². The normalized spacial score (nSPS) is 12.6. The quantitative estimate of drug-likeness (QED) is 0.276. The van der Waals surface area contributed by atoms with Crippen molar-refractivity contribution in [3.8, 4) is 5.75 Å². The van der Waals surface area contributed by atoms with Gasteiger partial charge in [0.15, 0.2) is 5.54 Å². The Morgan fingerprint density at radius 1 is 0.806 bits per heavy atom. The minimum Gasteiger partial charge on any atom is -0.508 e. The molecule has 2 aromatic carbocycles. The molecule has 7 heteroatoms. The summed E-state index contributed by atoms with van der Waals surface area (Å²) >= 11 is 0. The van der Waals surface area contributed by atoms with Gasteiger partial charge in [0, 0.05) is 19.8 Å². The van der Waals surface area contributed by atoms with Crippen molar-refractivity contribution in [1.29, 1.82) is 0 Å². The molecule has 0 unspecified atom stereocenters. The molecule has 36 heavy (non-hydrogen) atoms. The third-order valence-corrected chi connectivity index (χ3v) is 6.54. The molecule has 0 fully saturated rings. The molecule has 0 spiro atoms. The molecule has 0 aliphatic heterocycles. The van der Waals surface area contributed by atoms with Crippen molar-refractivity contribution in [2.75, 3.05) is 6.54 Å². The highest BCUT2D eigenvalue weighted by molar-refractivity contribution is 6.00. The Morgan fingerprint density at radius 2 is 1.33 bits per heavy atom. The summed E-state index contributed by atoms with van der Waals surface area (Å²) in [6.45, 7) is 1.98. The van der Waals surface area contributed by atoms with E-state index in [1.807, 2.05) is 0 Å². The Morgan fingerprint density at radius 3 is 1.83 bits per heavy atom. The number of carboxylic acids is 1. The van der Waals surface area contributed by atoms with Crippen LogP contribution in [0.5, 0.6) is 5.75 Å². The molecule has 0 aromatic heterocycles. The van der Waals surface area contributed by atoms with E-state index in [-0.39, 0.29) is 18.6 Å². The van der Waals surface area contributed by atoms with Gasteiger partial charge in [-0.2, -0.15) is 0 Å². The van der Waals surface area contributed by atoms with Crippen LogP contribution in [0, 0.1) is 0 Å². The average Bonchev–Trinajstić information content (AvgIpc) is 2.86. The maximum Gasteiger partial charge on any atom is 0.335 e. The fraction of sp³-hybridized carbons (Fsp3) is 0.483. The van der Waals surface area contributed by atoms with E-state index in [1.165, 1.54) is 38.3 Å². The lowest BCUT2D eigenvalue weighted by Crippen LogP contribution is -2.58. The van der Waals surface area contributed by atoms with Gasteiger partial charge < -0.3 is 15.9 Å². The molecule has 0 radical (unpaired) electrons. The lowest BCUT2D eigenvalue weighted by Gasteiger charge is -2.39. The minimum atomic E-state index is -1.90. The first-order chi connectivity index (χ1) is 17.3. The number of imide groups is 1. The zero-order chi connectivity index (χ0) is 26.4. The molecular weight excluding hydrogens is 456 g/mol. The number of rotatable bonds is 16. The van der Waals surface area contributed by atoms with E-state index in [0.29, 0.717) is 17.5 Å². The maximum atomic E-state index is 13.4. The van der Waals surface area contributed by atoms with Gasteiger partial charge in [0.1, 0.15) is 5.75 Å². The van der Waals surface area contributed by atoms with Crippen LogP contribution in [-0.2, 0) is 26.3 Å². The lowest BCUT2D eigenvalue weighted by molar-refractivity contribution is -0.167. The van der Waals surface area contributed by atoms with Crippen molar-refractivity contribution in [3.05, 3.63) is 65.7 Å². The molecule has 196 valence electrons. The Balaban J connectivity index is 2.15. The van der Waals surface area contributed by atoms with E-state index in [1.54, 1.807) is 42.5 Å². The predicted molar refractivity (Wildman–Crippen MR) is 140 cm³/mol. The van der Waals surface area contributed by atoms with Crippen LogP contribution < -0.4 is 5.73 Å². The number of carbonyl (C=O) groups excluding carboxylic acids is 2. The van der Waals surface area contributed by atoms with Crippen molar-refractivity contribution in [2.24, 2.45) is 5.73 Å². The standard InChI is InChI=1S/C29H40N2O5/c1-23(32)31(27(34)16-12-7-5-3-2-4-6-8-13-21-30)29(28(35)36,25-14-10-9-11-15-25)22-24-17-19-26(33)20-18-24/h9-11,14-15,17-20,33H,2-8,12-13,16,21-22,30H2,1H3,(H,35,36)/t29-/m1/s1. The number of nitrogens with zero attached hydrogens (tertiary/aromatic N) is 1. The lowest BCUT2D eigenvalue weighted by atomic mass is 9.81. The zero-order valence-electron chi connectivity index (χ0n) is 21.3. The zero-order valence-corrected chi connectivity index (χ0v) is 21.3. The van der Waals surface area contributed by atoms with Crippen molar-refractivity contribution < 1.29 is 24.6 Å². The fourth-order valence-corrected chi connectivity index (χ4v) is 4.66. The van der Waals surface area contributed by atoms with Crippen LogP contribution in [0.3, 0.4) is 0 Å². The number of hydrogen-bond donors (Lipinski definition) is 3. The molecule has 0 aliphatic carbocycles. The summed E-state index contributed by atoms with van der Waals surface area (Å²) in [5, 5.41) is 20.2. The SMILES string of the molecule is CC(=O)N(C(=O)CCCCCCCCCCCN)[C@@](Cc1ccc(O)cc1)(C(=O)O)c1ccccc1. The van der Waals surface area contributed by atoms with Crippen molar-refractivity contribution >= 4 is 17.8 Å². The topological polar surface area (TPSA) is 121 Å². The first kappa shape index (κ1) is 29.0. The van der Waals surface area contributed by atoms with Gasteiger partial charge in [-0.1, -0.05) is 87.4 Å². The summed E-state index contributed by atoms with van der Waals surface area (Å²) in [6.07, 6.45) is 9.32. The number of benzene rings is 2. The molecule has 0 aliphatic rings. The maximum absolute atomic E-state index is 13.4. The van der Waals surface area contributed by atoms with Gasteiger partial charge >= 0.3 is 5.97 Å². The number of aliphatic carboxylic acids is 1. The molecule has 7 nitrogen and oxygen atoms in total. The van der Waals surface area contributed by atoms with Crippen LogP contribution in [0.4, 0.5) is 0 Å². The number of carbonyl (C=O) groups is 3. The minimum absolute atomic E-state index is 0.0504. The molecule has 2 aromatic rings. The molecule has 4 N–H and O–H groups in total. The van der Waals surface area contributed by atoms with Gasteiger partial charge in [0.2, 0.25) is 11.8 Å². The molecule has 0 saturated carbocycles. The van der Waals surface area contributed by atoms with Crippen LogP contribution in [0.1, 0.15) is 82.3 Å². The summed E-state index contributed by atoms with van der Waals surface area (Å²) < 4.78 is 0. The molecular formula is C29H40N2O5. The second-order valence-corrected chi connectivity index (χ2v) is 9.34. The third-order valence-electron chi connectivity index (χ3n) is 6.54. The first-order valence-corrected chi connectivity index (χ1v) is 12.9. The highest BCUT2D eigenvalue weighted by Crippen LogP contribution is 2.35. The monoisotopic (exact) mass is 496 g/mol.